The van der Waals surface area contributed by atoms with Gasteiger partial charge in [0, 0.05) is 58.8 Å². The fourth-order valence-corrected chi connectivity index (χ4v) is 3.42. The van der Waals surface area contributed by atoms with E-state index in [9.17, 15) is 29.4 Å². The molecule has 0 spiro atoms. The predicted molar refractivity (Wildman–Crippen MR) is 109 cm³/mol. The monoisotopic (exact) mass is 430 g/mol. The lowest BCUT2D eigenvalue weighted by Gasteiger charge is -2.34. The molecule has 1 aliphatic rings. The lowest BCUT2D eigenvalue weighted by molar-refractivity contribution is -0.144. The number of carbonyl (C=O) groups excluding carboxylic acids is 1. The fraction of sp³-hybridized carbons (Fsp3) is 0.789. The van der Waals surface area contributed by atoms with Crippen molar-refractivity contribution in [2.75, 3.05) is 72.5 Å². The van der Waals surface area contributed by atoms with E-state index in [2.05, 4.69) is 0 Å². The molecule has 1 fully saturated rings. The lowest BCUT2D eigenvalue weighted by atomic mass is 10.1. The standard InChI is InChI=1S/C19H34N4O7/c1-15(24)3-4-16(19(29)30)23-11-6-20(2)5-7-21(13-17(25)26)8-9-22(10-12-23)14-18(27)28/h16H,3-14H2,1-2H3,(H,25,26)(H,27,28)(H,29,30). The lowest BCUT2D eigenvalue weighted by Crippen LogP contribution is -2.51. The summed E-state index contributed by atoms with van der Waals surface area (Å²) < 4.78 is 0. The summed E-state index contributed by atoms with van der Waals surface area (Å²) in [4.78, 5) is 52.8. The first-order chi connectivity index (χ1) is 14.1. The van der Waals surface area contributed by atoms with E-state index in [-0.39, 0.29) is 31.7 Å². The van der Waals surface area contributed by atoms with Gasteiger partial charge in [0.05, 0.1) is 13.1 Å². The second-order valence-corrected chi connectivity index (χ2v) is 7.77. The minimum atomic E-state index is -0.997. The van der Waals surface area contributed by atoms with Crippen LogP contribution in [-0.4, -0.2) is 137 Å². The van der Waals surface area contributed by atoms with Crippen LogP contribution in [0, 0.1) is 0 Å². The Labute approximate surface area is 176 Å². The molecule has 30 heavy (non-hydrogen) atoms. The molecule has 1 aliphatic heterocycles. The Balaban J connectivity index is 2.95. The third-order valence-corrected chi connectivity index (χ3v) is 5.22. The molecule has 1 rings (SSSR count). The van der Waals surface area contributed by atoms with Crippen molar-refractivity contribution < 1.29 is 34.5 Å². The Bertz CT molecular complexity index is 601. The van der Waals surface area contributed by atoms with Crippen molar-refractivity contribution in [1.29, 1.82) is 0 Å². The molecule has 0 saturated carbocycles. The number of carboxylic acid groups (broad SMARTS) is 3. The average molecular weight is 431 g/mol. The molecule has 11 nitrogen and oxygen atoms in total. The summed E-state index contributed by atoms with van der Waals surface area (Å²) in [6.45, 7) is 4.68. The number of nitrogens with zero attached hydrogens (tertiary/aromatic N) is 4. The smallest absolute Gasteiger partial charge is 0.320 e. The summed E-state index contributed by atoms with van der Waals surface area (Å²) in [5.74, 6) is -3.00. The Kier molecular flexibility index (Phi) is 11.5. The van der Waals surface area contributed by atoms with Crippen LogP contribution >= 0.6 is 0 Å². The summed E-state index contributed by atoms with van der Waals surface area (Å²) in [5, 5.41) is 28.0. The van der Waals surface area contributed by atoms with Crippen LogP contribution in [0.1, 0.15) is 19.8 Å². The summed E-state index contributed by atoms with van der Waals surface area (Å²) in [6, 6.07) is -0.819. The third kappa shape index (κ3) is 10.6. The highest BCUT2D eigenvalue weighted by molar-refractivity contribution is 5.78. The number of carbonyl (C=O) groups is 4. The molecule has 172 valence electrons. The molecule has 0 bridgehead atoms. The average Bonchev–Trinajstić information content (AvgIpc) is 2.62. The van der Waals surface area contributed by atoms with Gasteiger partial charge in [-0.3, -0.25) is 29.1 Å². The maximum Gasteiger partial charge on any atom is 0.320 e. The Morgan fingerprint density at radius 2 is 1.20 bits per heavy atom. The number of hydrogen-bond donors (Lipinski definition) is 3. The summed E-state index contributed by atoms with van der Waals surface area (Å²) in [6.07, 6.45) is 0.381. The van der Waals surface area contributed by atoms with Gasteiger partial charge in [-0.25, -0.2) is 0 Å². The van der Waals surface area contributed by atoms with Gasteiger partial charge < -0.3 is 25.0 Å². The third-order valence-electron chi connectivity index (χ3n) is 5.22. The largest absolute Gasteiger partial charge is 0.480 e. The second kappa shape index (κ2) is 13.3. The number of likely N-dealkylation sites (N-methyl/N-ethyl adjacent to an activating group) is 1. The van der Waals surface area contributed by atoms with E-state index in [1.54, 1.807) is 14.7 Å². The Hall–Kier alpha value is -2.08. The van der Waals surface area contributed by atoms with Gasteiger partial charge in [0.15, 0.2) is 0 Å². The van der Waals surface area contributed by atoms with Crippen molar-refractivity contribution in [3.63, 3.8) is 0 Å². The number of Topliss-reactive ketones (excluding diaryl/α,β-unsaturated/α-hetero) is 1. The van der Waals surface area contributed by atoms with Gasteiger partial charge >= 0.3 is 17.9 Å². The van der Waals surface area contributed by atoms with E-state index in [0.717, 1.165) is 0 Å². The zero-order valence-corrected chi connectivity index (χ0v) is 17.8. The second-order valence-electron chi connectivity index (χ2n) is 7.77. The molecule has 1 unspecified atom stereocenters. The molecule has 1 saturated heterocycles. The topological polar surface area (TPSA) is 142 Å². The molecular weight excluding hydrogens is 396 g/mol. The van der Waals surface area contributed by atoms with Crippen LogP contribution in [0.25, 0.3) is 0 Å². The van der Waals surface area contributed by atoms with Gasteiger partial charge in [-0.1, -0.05) is 0 Å². The van der Waals surface area contributed by atoms with E-state index in [0.29, 0.717) is 52.4 Å². The zero-order valence-electron chi connectivity index (χ0n) is 17.8. The highest BCUT2D eigenvalue weighted by Gasteiger charge is 2.27. The van der Waals surface area contributed by atoms with Gasteiger partial charge in [-0.05, 0) is 20.4 Å². The molecule has 0 aromatic carbocycles. The van der Waals surface area contributed by atoms with Gasteiger partial charge in [0.1, 0.15) is 11.8 Å². The van der Waals surface area contributed by atoms with Gasteiger partial charge in [0.2, 0.25) is 0 Å². The molecule has 0 aromatic heterocycles. The van der Waals surface area contributed by atoms with Crippen LogP contribution in [0.3, 0.4) is 0 Å². The molecule has 0 aliphatic carbocycles. The SMILES string of the molecule is CC(=O)CCC(C(=O)O)N1CCN(C)CCN(CC(=O)O)CCN(CC(=O)O)CC1. The number of rotatable bonds is 9. The van der Waals surface area contributed by atoms with Crippen LogP contribution in [-0.2, 0) is 19.2 Å². The molecule has 1 heterocycles. The van der Waals surface area contributed by atoms with Crippen molar-refractivity contribution >= 4 is 23.7 Å². The van der Waals surface area contributed by atoms with E-state index >= 15 is 0 Å². The normalized spacial score (nSPS) is 20.1. The van der Waals surface area contributed by atoms with Crippen LogP contribution in [0.15, 0.2) is 0 Å². The molecule has 0 amide bonds. The molecule has 3 N–H and O–H groups in total. The number of ketones is 1. The number of carboxylic acids is 3. The van der Waals surface area contributed by atoms with Crippen LogP contribution < -0.4 is 0 Å². The summed E-state index contributed by atoms with van der Waals surface area (Å²) in [7, 11) is 1.89. The molecule has 11 heteroatoms. The highest BCUT2D eigenvalue weighted by atomic mass is 16.4. The fourth-order valence-electron chi connectivity index (χ4n) is 3.42. The van der Waals surface area contributed by atoms with E-state index in [4.69, 9.17) is 5.11 Å². The van der Waals surface area contributed by atoms with Crippen LogP contribution in [0.2, 0.25) is 0 Å². The first-order valence-electron chi connectivity index (χ1n) is 10.1. The minimum Gasteiger partial charge on any atom is -0.480 e. The molecule has 0 aromatic rings. The van der Waals surface area contributed by atoms with Gasteiger partial charge in [-0.15, -0.1) is 0 Å². The van der Waals surface area contributed by atoms with Crippen molar-refractivity contribution in [1.82, 2.24) is 19.6 Å². The first kappa shape index (κ1) is 26.0. The van der Waals surface area contributed by atoms with Crippen molar-refractivity contribution in [2.45, 2.75) is 25.8 Å². The minimum absolute atomic E-state index is 0.0706. The van der Waals surface area contributed by atoms with E-state index in [1.807, 2.05) is 11.9 Å². The van der Waals surface area contributed by atoms with E-state index in [1.165, 1.54) is 6.92 Å². The van der Waals surface area contributed by atoms with Crippen LogP contribution in [0.4, 0.5) is 0 Å². The van der Waals surface area contributed by atoms with Gasteiger partial charge in [0.25, 0.3) is 0 Å². The summed E-state index contributed by atoms with van der Waals surface area (Å²) >= 11 is 0. The van der Waals surface area contributed by atoms with Crippen LogP contribution in [0.5, 0.6) is 0 Å². The van der Waals surface area contributed by atoms with Crippen molar-refractivity contribution in [2.24, 2.45) is 0 Å². The molecule has 1 atom stereocenters. The predicted octanol–water partition coefficient (Wildman–Crippen LogP) is -1.17. The number of aliphatic carboxylic acids is 3. The Morgan fingerprint density at radius 1 is 0.767 bits per heavy atom. The van der Waals surface area contributed by atoms with Crippen molar-refractivity contribution in [3.05, 3.63) is 0 Å². The quantitative estimate of drug-likeness (QED) is 0.407. The zero-order chi connectivity index (χ0) is 22.7. The van der Waals surface area contributed by atoms with E-state index < -0.39 is 23.9 Å². The number of hydrogen-bond acceptors (Lipinski definition) is 8. The maximum absolute atomic E-state index is 11.8. The summed E-state index contributed by atoms with van der Waals surface area (Å²) in [5.41, 5.74) is 0. The Morgan fingerprint density at radius 3 is 1.67 bits per heavy atom. The maximum atomic E-state index is 11.8. The first-order valence-corrected chi connectivity index (χ1v) is 10.1. The van der Waals surface area contributed by atoms with Gasteiger partial charge in [-0.2, -0.15) is 0 Å². The van der Waals surface area contributed by atoms with Crippen molar-refractivity contribution in [3.8, 4) is 0 Å². The highest BCUT2D eigenvalue weighted by Crippen LogP contribution is 2.10. The molecule has 0 radical (unpaired) electrons. The molecular formula is C19H34N4O7.